The van der Waals surface area contributed by atoms with E-state index in [4.69, 9.17) is 5.84 Å². The maximum atomic E-state index is 12.2. The Kier molecular flexibility index (Phi) is 6.06. The number of hydrogen-bond donors (Lipinski definition) is 3. The number of nitro groups is 1. The van der Waals surface area contributed by atoms with Gasteiger partial charge in [0.25, 0.3) is 5.69 Å². The molecule has 21 heavy (non-hydrogen) atoms. The summed E-state index contributed by atoms with van der Waals surface area (Å²) in [5.74, 6) is 5.16. The molecule has 0 fully saturated rings. The molecule has 1 atom stereocenters. The number of benzene rings is 1. The summed E-state index contributed by atoms with van der Waals surface area (Å²) in [6, 6.07) is 3.30. The third-order valence-electron chi connectivity index (χ3n) is 2.98. The number of nitrogens with zero attached hydrogens (tertiary/aromatic N) is 1. The molecule has 0 heterocycles. The molecule has 1 rings (SSSR count). The number of nitrogen functional groups attached to an aromatic ring is 1. The van der Waals surface area contributed by atoms with E-state index in [9.17, 15) is 18.5 Å². The van der Waals surface area contributed by atoms with Crippen LogP contribution in [0.25, 0.3) is 0 Å². The molecule has 0 spiro atoms. The number of hydrazine groups is 1. The largest absolute Gasteiger partial charge is 0.318 e. The Morgan fingerprint density at radius 2 is 2.10 bits per heavy atom. The third-order valence-corrected chi connectivity index (χ3v) is 4.57. The molecule has 4 N–H and O–H groups in total. The Hall–Kier alpha value is -1.71. The SMILES string of the molecule is CCCCC(C)NS(=O)(=O)c1ccc(NN)c([N+](=O)[O-])c1. The van der Waals surface area contributed by atoms with Crippen LogP contribution in [0.3, 0.4) is 0 Å². The molecule has 8 nitrogen and oxygen atoms in total. The molecule has 1 unspecified atom stereocenters. The minimum absolute atomic E-state index is 0.0537. The van der Waals surface area contributed by atoms with Crippen molar-refractivity contribution in [3.8, 4) is 0 Å². The fraction of sp³-hybridized carbons (Fsp3) is 0.500. The van der Waals surface area contributed by atoms with Crippen LogP contribution < -0.4 is 16.0 Å². The summed E-state index contributed by atoms with van der Waals surface area (Å²) in [7, 11) is -3.79. The van der Waals surface area contributed by atoms with E-state index < -0.39 is 14.9 Å². The zero-order valence-corrected chi connectivity index (χ0v) is 12.8. The number of rotatable bonds is 8. The summed E-state index contributed by atoms with van der Waals surface area (Å²) in [6.07, 6.45) is 2.58. The van der Waals surface area contributed by atoms with E-state index in [-0.39, 0.29) is 22.3 Å². The molecule has 0 aliphatic carbocycles. The first-order chi connectivity index (χ1) is 9.81. The van der Waals surface area contributed by atoms with Gasteiger partial charge in [0.15, 0.2) is 0 Å². The lowest BCUT2D eigenvalue weighted by atomic mass is 10.2. The Morgan fingerprint density at radius 1 is 1.43 bits per heavy atom. The molecule has 0 aliphatic heterocycles. The van der Waals surface area contributed by atoms with Crippen LogP contribution >= 0.6 is 0 Å². The van der Waals surface area contributed by atoms with Crippen molar-refractivity contribution in [3.63, 3.8) is 0 Å². The molecule has 118 valence electrons. The standard InChI is InChI=1S/C12H20N4O4S/c1-3-4-5-9(2)15-21(19,20)10-6-7-11(14-13)12(8-10)16(17)18/h6-9,14-15H,3-5,13H2,1-2H3. The number of nitrogens with one attached hydrogen (secondary N) is 2. The van der Waals surface area contributed by atoms with Crippen LogP contribution in [0.15, 0.2) is 23.1 Å². The molecular formula is C12H20N4O4S. The molecule has 9 heteroatoms. The second kappa shape index (κ2) is 7.34. The highest BCUT2D eigenvalue weighted by Gasteiger charge is 2.22. The minimum atomic E-state index is -3.79. The first kappa shape index (κ1) is 17.3. The Balaban J connectivity index is 3.03. The van der Waals surface area contributed by atoms with Gasteiger partial charge < -0.3 is 5.43 Å². The molecule has 0 radical (unpaired) electrons. The summed E-state index contributed by atoms with van der Waals surface area (Å²) in [4.78, 5) is 10.1. The smallest absolute Gasteiger partial charge is 0.294 e. The third kappa shape index (κ3) is 4.66. The molecule has 0 aromatic heterocycles. The summed E-state index contributed by atoms with van der Waals surface area (Å²) in [5.41, 5.74) is 1.83. The molecule has 0 saturated heterocycles. The van der Waals surface area contributed by atoms with Gasteiger partial charge in [0.1, 0.15) is 5.69 Å². The summed E-state index contributed by atoms with van der Waals surface area (Å²) >= 11 is 0. The van der Waals surface area contributed by atoms with Crippen LogP contribution in [-0.2, 0) is 10.0 Å². The topological polar surface area (TPSA) is 127 Å². The number of nitro benzene ring substituents is 1. The summed E-state index contributed by atoms with van der Waals surface area (Å²) in [5, 5.41) is 10.9. The van der Waals surface area contributed by atoms with Crippen LogP contribution in [-0.4, -0.2) is 19.4 Å². The highest BCUT2D eigenvalue weighted by atomic mass is 32.2. The fourth-order valence-corrected chi connectivity index (χ4v) is 3.15. The van der Waals surface area contributed by atoms with Crippen LogP contribution in [0.2, 0.25) is 0 Å². The Morgan fingerprint density at radius 3 is 2.62 bits per heavy atom. The van der Waals surface area contributed by atoms with Crippen LogP contribution in [0, 0.1) is 10.1 Å². The van der Waals surface area contributed by atoms with Gasteiger partial charge in [-0.2, -0.15) is 0 Å². The average molecular weight is 316 g/mol. The second-order valence-electron chi connectivity index (χ2n) is 4.74. The molecule has 0 amide bonds. The van der Waals surface area contributed by atoms with Crippen molar-refractivity contribution in [2.45, 2.75) is 44.0 Å². The normalized spacial score (nSPS) is 12.9. The van der Waals surface area contributed by atoms with Gasteiger partial charge in [0, 0.05) is 12.1 Å². The quantitative estimate of drug-likeness (QED) is 0.381. The molecule has 1 aromatic rings. The number of anilines is 1. The first-order valence-electron chi connectivity index (χ1n) is 6.59. The predicted molar refractivity (Wildman–Crippen MR) is 80.2 cm³/mol. The van der Waals surface area contributed by atoms with Crippen molar-refractivity contribution < 1.29 is 13.3 Å². The van der Waals surface area contributed by atoms with Crippen LogP contribution in [0.4, 0.5) is 11.4 Å². The van der Waals surface area contributed by atoms with Crippen molar-refractivity contribution in [2.75, 3.05) is 5.43 Å². The van der Waals surface area contributed by atoms with Gasteiger partial charge in [-0.1, -0.05) is 19.8 Å². The van der Waals surface area contributed by atoms with Crippen molar-refractivity contribution >= 4 is 21.4 Å². The van der Waals surface area contributed by atoms with Gasteiger partial charge >= 0.3 is 0 Å². The van der Waals surface area contributed by atoms with Gasteiger partial charge in [-0.15, -0.1) is 0 Å². The molecule has 0 bridgehead atoms. The molecule has 0 saturated carbocycles. The number of sulfonamides is 1. The zero-order valence-electron chi connectivity index (χ0n) is 12.0. The predicted octanol–water partition coefficient (Wildman–Crippen LogP) is 1.74. The molecule has 1 aromatic carbocycles. The maximum Gasteiger partial charge on any atom is 0.294 e. The maximum absolute atomic E-state index is 12.2. The zero-order chi connectivity index (χ0) is 16.0. The Labute approximate surface area is 123 Å². The summed E-state index contributed by atoms with van der Waals surface area (Å²) < 4.78 is 26.9. The van der Waals surface area contributed by atoms with Crippen molar-refractivity contribution in [1.82, 2.24) is 4.72 Å². The minimum Gasteiger partial charge on any atom is -0.318 e. The monoisotopic (exact) mass is 316 g/mol. The van der Waals surface area contributed by atoms with Crippen molar-refractivity contribution in [2.24, 2.45) is 5.84 Å². The van der Waals surface area contributed by atoms with Crippen LogP contribution in [0.1, 0.15) is 33.1 Å². The van der Waals surface area contributed by atoms with E-state index in [0.717, 1.165) is 18.9 Å². The first-order valence-corrected chi connectivity index (χ1v) is 8.07. The van der Waals surface area contributed by atoms with E-state index in [1.165, 1.54) is 12.1 Å². The van der Waals surface area contributed by atoms with E-state index >= 15 is 0 Å². The van der Waals surface area contributed by atoms with E-state index in [1.54, 1.807) is 6.92 Å². The lowest BCUT2D eigenvalue weighted by Gasteiger charge is -2.14. The highest BCUT2D eigenvalue weighted by molar-refractivity contribution is 7.89. The van der Waals surface area contributed by atoms with Gasteiger partial charge in [0.05, 0.1) is 9.82 Å². The van der Waals surface area contributed by atoms with Gasteiger partial charge in [-0.3, -0.25) is 16.0 Å². The van der Waals surface area contributed by atoms with Crippen molar-refractivity contribution in [3.05, 3.63) is 28.3 Å². The van der Waals surface area contributed by atoms with Crippen LogP contribution in [0.5, 0.6) is 0 Å². The number of hydrogen-bond acceptors (Lipinski definition) is 6. The number of nitrogens with two attached hydrogens (primary N) is 1. The van der Waals surface area contributed by atoms with E-state index in [0.29, 0.717) is 6.42 Å². The molecule has 0 aliphatic rings. The fourth-order valence-electron chi connectivity index (χ4n) is 1.85. The van der Waals surface area contributed by atoms with Crippen molar-refractivity contribution in [1.29, 1.82) is 0 Å². The Bertz CT molecular complexity index is 603. The lowest BCUT2D eigenvalue weighted by molar-refractivity contribution is -0.384. The highest BCUT2D eigenvalue weighted by Crippen LogP contribution is 2.26. The summed E-state index contributed by atoms with van der Waals surface area (Å²) in [6.45, 7) is 3.78. The second-order valence-corrected chi connectivity index (χ2v) is 6.46. The average Bonchev–Trinajstić information content (AvgIpc) is 2.43. The van der Waals surface area contributed by atoms with Gasteiger partial charge in [-0.25, -0.2) is 13.1 Å². The lowest BCUT2D eigenvalue weighted by Crippen LogP contribution is -2.32. The van der Waals surface area contributed by atoms with Gasteiger partial charge in [0.2, 0.25) is 10.0 Å². The van der Waals surface area contributed by atoms with Gasteiger partial charge in [-0.05, 0) is 25.5 Å². The van der Waals surface area contributed by atoms with E-state index in [2.05, 4.69) is 10.1 Å². The van der Waals surface area contributed by atoms with E-state index in [1.807, 2.05) is 6.92 Å². The number of unbranched alkanes of at least 4 members (excludes halogenated alkanes) is 1. The molecular weight excluding hydrogens is 296 g/mol.